The van der Waals surface area contributed by atoms with Crippen LogP contribution in [0.5, 0.6) is 0 Å². The molecule has 0 saturated carbocycles. The zero-order valence-electron chi connectivity index (χ0n) is 20.7. The van der Waals surface area contributed by atoms with Gasteiger partial charge in [0.15, 0.2) is 0 Å². The molecule has 2 aliphatic heterocycles. The highest BCUT2D eigenvalue weighted by Crippen LogP contribution is 2.31. The molecule has 3 aromatic rings. The number of ether oxygens (including phenoxy) is 1. The van der Waals surface area contributed by atoms with E-state index >= 15 is 0 Å². The summed E-state index contributed by atoms with van der Waals surface area (Å²) in [7, 11) is 0. The van der Waals surface area contributed by atoms with Gasteiger partial charge in [0.25, 0.3) is 0 Å². The van der Waals surface area contributed by atoms with Crippen molar-refractivity contribution in [3.05, 3.63) is 60.0 Å². The first kappa shape index (κ1) is 23.0. The predicted octanol–water partition coefficient (Wildman–Crippen LogP) is 4.18. The van der Waals surface area contributed by atoms with E-state index < -0.39 is 0 Å². The van der Waals surface area contributed by atoms with E-state index in [-0.39, 0.29) is 11.5 Å². The van der Waals surface area contributed by atoms with E-state index in [1.165, 1.54) is 17.7 Å². The number of aromatic nitrogens is 4. The zero-order chi connectivity index (χ0) is 23.5. The van der Waals surface area contributed by atoms with E-state index in [9.17, 15) is 0 Å². The average Bonchev–Trinajstić information content (AvgIpc) is 3.30. The van der Waals surface area contributed by atoms with Crippen molar-refractivity contribution in [1.82, 2.24) is 24.9 Å². The second-order valence-corrected chi connectivity index (χ2v) is 10.5. The van der Waals surface area contributed by atoms with Gasteiger partial charge < -0.3 is 9.64 Å². The third kappa shape index (κ3) is 5.47. The summed E-state index contributed by atoms with van der Waals surface area (Å²) in [6, 6.07) is 12.8. The molecule has 2 saturated heterocycles. The molecule has 1 atom stereocenters. The fourth-order valence-electron chi connectivity index (χ4n) is 4.93. The standard InChI is InChI=1S/C27H36N6O/c1-21-16-23(32-14-12-31(13-15-32)17-22-6-4-5-11-28-22)7-8-25(21)26-19-33(30-29-26)18-24-9-10-27(2,3)20-34-24/h4-8,11,16,19,24H,9-10,12-15,17-18,20H2,1-3H3. The molecule has 7 nitrogen and oxygen atoms in total. The Kier molecular flexibility index (Phi) is 6.66. The maximum absolute atomic E-state index is 6.06. The van der Waals surface area contributed by atoms with Gasteiger partial charge in [0.2, 0.25) is 0 Å². The molecule has 0 radical (unpaired) electrons. The van der Waals surface area contributed by atoms with Gasteiger partial charge in [-0.2, -0.15) is 0 Å². The highest BCUT2D eigenvalue weighted by Gasteiger charge is 2.28. The quantitative estimate of drug-likeness (QED) is 0.550. The van der Waals surface area contributed by atoms with Gasteiger partial charge in [-0.05, 0) is 55.0 Å². The first-order chi connectivity index (χ1) is 16.4. The maximum Gasteiger partial charge on any atom is 0.113 e. The van der Waals surface area contributed by atoms with E-state index in [1.54, 1.807) is 0 Å². The van der Waals surface area contributed by atoms with Crippen LogP contribution in [0.25, 0.3) is 11.3 Å². The molecule has 4 heterocycles. The third-order valence-corrected chi connectivity index (χ3v) is 7.12. The topological polar surface area (TPSA) is 59.3 Å². The van der Waals surface area contributed by atoms with Crippen LogP contribution >= 0.6 is 0 Å². The molecular weight excluding hydrogens is 424 g/mol. The monoisotopic (exact) mass is 460 g/mol. The van der Waals surface area contributed by atoms with Crippen molar-refractivity contribution in [2.24, 2.45) is 5.41 Å². The lowest BCUT2D eigenvalue weighted by Gasteiger charge is -2.36. The zero-order valence-corrected chi connectivity index (χ0v) is 20.7. The Labute approximate surface area is 202 Å². The van der Waals surface area contributed by atoms with Gasteiger partial charge in [-0.15, -0.1) is 5.10 Å². The maximum atomic E-state index is 6.06. The van der Waals surface area contributed by atoms with Gasteiger partial charge in [0, 0.05) is 50.2 Å². The van der Waals surface area contributed by atoms with Crippen LogP contribution < -0.4 is 4.90 Å². The van der Waals surface area contributed by atoms with Gasteiger partial charge in [-0.25, -0.2) is 4.68 Å². The number of aryl methyl sites for hydroxylation is 1. The summed E-state index contributed by atoms with van der Waals surface area (Å²) in [5.41, 5.74) is 6.02. The van der Waals surface area contributed by atoms with Gasteiger partial charge in [0.05, 0.1) is 31.1 Å². The van der Waals surface area contributed by atoms with Crippen LogP contribution in [-0.4, -0.2) is 63.8 Å². The minimum Gasteiger partial charge on any atom is -0.376 e. The number of piperazine rings is 1. The van der Waals surface area contributed by atoms with Crippen LogP contribution in [0.4, 0.5) is 5.69 Å². The normalized spacial score (nSPS) is 21.0. The molecule has 0 spiro atoms. The number of rotatable bonds is 6. The van der Waals surface area contributed by atoms with Gasteiger partial charge in [0.1, 0.15) is 5.69 Å². The first-order valence-electron chi connectivity index (χ1n) is 12.5. The molecule has 1 unspecified atom stereocenters. The number of benzene rings is 1. The highest BCUT2D eigenvalue weighted by molar-refractivity contribution is 5.67. The fourth-order valence-corrected chi connectivity index (χ4v) is 4.93. The van der Waals surface area contributed by atoms with E-state index in [0.29, 0.717) is 0 Å². The summed E-state index contributed by atoms with van der Waals surface area (Å²) >= 11 is 0. The molecule has 2 aliphatic rings. The Balaban J connectivity index is 1.18. The van der Waals surface area contributed by atoms with Crippen LogP contribution in [-0.2, 0) is 17.8 Å². The lowest BCUT2D eigenvalue weighted by atomic mass is 9.85. The molecule has 180 valence electrons. The summed E-state index contributed by atoms with van der Waals surface area (Å²) < 4.78 is 8.00. The van der Waals surface area contributed by atoms with Crippen molar-refractivity contribution in [2.75, 3.05) is 37.7 Å². The van der Waals surface area contributed by atoms with E-state index in [0.717, 1.165) is 69.2 Å². The lowest BCUT2D eigenvalue weighted by Crippen LogP contribution is -2.46. The summed E-state index contributed by atoms with van der Waals surface area (Å²) in [4.78, 5) is 9.42. The second-order valence-electron chi connectivity index (χ2n) is 10.5. The van der Waals surface area contributed by atoms with E-state index in [4.69, 9.17) is 4.74 Å². The van der Waals surface area contributed by atoms with Crippen molar-refractivity contribution in [3.8, 4) is 11.3 Å². The molecule has 0 aliphatic carbocycles. The molecule has 7 heteroatoms. The Morgan fingerprint density at radius 3 is 2.65 bits per heavy atom. The van der Waals surface area contributed by atoms with Crippen molar-refractivity contribution in [1.29, 1.82) is 0 Å². The van der Waals surface area contributed by atoms with Gasteiger partial charge in [-0.3, -0.25) is 9.88 Å². The van der Waals surface area contributed by atoms with Crippen molar-refractivity contribution >= 4 is 5.69 Å². The summed E-state index contributed by atoms with van der Waals surface area (Å²) in [5.74, 6) is 0. The van der Waals surface area contributed by atoms with Crippen molar-refractivity contribution < 1.29 is 4.74 Å². The Bertz CT molecular complexity index is 1080. The average molecular weight is 461 g/mol. The Morgan fingerprint density at radius 2 is 1.94 bits per heavy atom. The summed E-state index contributed by atoms with van der Waals surface area (Å²) in [6.45, 7) is 13.4. The Morgan fingerprint density at radius 1 is 1.09 bits per heavy atom. The van der Waals surface area contributed by atoms with Gasteiger partial charge in [-0.1, -0.05) is 31.2 Å². The van der Waals surface area contributed by atoms with Crippen LogP contribution in [0, 0.1) is 12.3 Å². The fraction of sp³-hybridized carbons (Fsp3) is 0.519. The number of hydrogen-bond acceptors (Lipinski definition) is 6. The van der Waals surface area contributed by atoms with Crippen molar-refractivity contribution in [3.63, 3.8) is 0 Å². The SMILES string of the molecule is Cc1cc(N2CCN(Cc3ccccn3)CC2)ccc1-c1cn(CC2CCC(C)(C)CO2)nn1. The molecule has 2 aromatic heterocycles. The van der Waals surface area contributed by atoms with E-state index in [1.807, 2.05) is 16.9 Å². The minimum atomic E-state index is 0.224. The number of anilines is 1. The number of pyridine rings is 1. The van der Waals surface area contributed by atoms with Crippen molar-refractivity contribution in [2.45, 2.75) is 52.8 Å². The van der Waals surface area contributed by atoms with Crippen LogP contribution in [0.15, 0.2) is 48.8 Å². The largest absolute Gasteiger partial charge is 0.376 e. The molecule has 1 aromatic carbocycles. The predicted molar refractivity (Wildman–Crippen MR) is 135 cm³/mol. The smallest absolute Gasteiger partial charge is 0.113 e. The molecule has 34 heavy (non-hydrogen) atoms. The first-order valence-corrected chi connectivity index (χ1v) is 12.5. The summed E-state index contributed by atoms with van der Waals surface area (Å²) in [5, 5.41) is 8.85. The molecule has 2 fully saturated rings. The number of nitrogens with zero attached hydrogens (tertiary/aromatic N) is 6. The molecule has 0 bridgehead atoms. The number of hydrogen-bond donors (Lipinski definition) is 0. The highest BCUT2D eigenvalue weighted by atomic mass is 16.5. The second kappa shape index (κ2) is 9.84. The van der Waals surface area contributed by atoms with Crippen LogP contribution in [0.2, 0.25) is 0 Å². The minimum absolute atomic E-state index is 0.224. The van der Waals surface area contributed by atoms with E-state index in [2.05, 4.69) is 82.4 Å². The molecule has 5 rings (SSSR count). The lowest BCUT2D eigenvalue weighted by molar-refractivity contribution is -0.0562. The molecule has 0 amide bonds. The van der Waals surface area contributed by atoms with Crippen LogP contribution in [0.3, 0.4) is 0 Å². The summed E-state index contributed by atoms with van der Waals surface area (Å²) in [6.07, 6.45) is 6.42. The third-order valence-electron chi connectivity index (χ3n) is 7.12. The van der Waals surface area contributed by atoms with Gasteiger partial charge >= 0.3 is 0 Å². The van der Waals surface area contributed by atoms with Crippen LogP contribution in [0.1, 0.15) is 37.9 Å². The molecular formula is C27H36N6O. The Hall–Kier alpha value is -2.77. The molecule has 0 N–H and O–H groups in total.